The van der Waals surface area contributed by atoms with E-state index in [4.69, 9.17) is 57.4 Å². The van der Waals surface area contributed by atoms with Gasteiger partial charge in [0.2, 0.25) is 59.3 Å². The van der Waals surface area contributed by atoms with Gasteiger partial charge in [-0.25, -0.2) is 5.48 Å². The van der Waals surface area contributed by atoms with Crippen molar-refractivity contribution in [2.24, 2.45) is 11.7 Å². The molecule has 9 amide bonds. The molecule has 666 valence electrons. The molecule has 0 radical (unpaired) electrons. The summed E-state index contributed by atoms with van der Waals surface area (Å²) in [7, 11) is 1.46. The number of alkyl halides is 3. The van der Waals surface area contributed by atoms with Crippen molar-refractivity contribution in [3.8, 4) is 62.9 Å². The molecule has 22 N–H and O–H groups in total. The highest BCUT2D eigenvalue weighted by Crippen LogP contribution is 2.50. The van der Waals surface area contributed by atoms with Crippen LogP contribution in [0.3, 0.4) is 0 Å². The number of aliphatic hydroxyl groups is 6. The number of amides is 9. The molecule has 8 heterocycles. The summed E-state index contributed by atoms with van der Waals surface area (Å²) in [5.74, 6) is -17.5. The van der Waals surface area contributed by atoms with Gasteiger partial charge < -0.3 is 133 Å². The number of rotatable bonds is 20. The van der Waals surface area contributed by atoms with Crippen LogP contribution < -0.4 is 78.0 Å². The Bertz CT molecular complexity index is 5330. The monoisotopic (exact) mass is 1780 g/mol. The number of hydrogen-bond acceptors (Lipinski definition) is 29. The second-order valence-electron chi connectivity index (χ2n) is 30.6. The van der Waals surface area contributed by atoms with Crippen LogP contribution in [0.2, 0.25) is 10.0 Å². The second kappa shape index (κ2) is 38.6. The molecular weight excluding hydrogens is 1700 g/mol. The van der Waals surface area contributed by atoms with Crippen molar-refractivity contribution >= 4 is 88.1 Å². The lowest BCUT2D eigenvalue weighted by molar-refractivity contribution is -0.334. The summed E-state index contributed by atoms with van der Waals surface area (Å²) >= 11 is 14.3. The number of pyridine rings is 1. The number of anilines is 1. The van der Waals surface area contributed by atoms with Crippen LogP contribution in [0.4, 0.5) is 18.9 Å². The number of benzene rings is 6. The number of carbonyl (C=O) groups is 9. The maximum absolute atomic E-state index is 16.3. The number of nitrogens with one attached hydrogen (secondary N) is 10. The van der Waals surface area contributed by atoms with Crippen LogP contribution in [0.5, 0.6) is 51.7 Å². The van der Waals surface area contributed by atoms with E-state index in [1.165, 1.54) is 62.2 Å². The predicted molar refractivity (Wildman–Crippen MR) is 429 cm³/mol. The number of carbonyl (C=O) groups excluding carboxylic acids is 9. The van der Waals surface area contributed by atoms with Gasteiger partial charge in [-0.3, -0.25) is 53.3 Å². The summed E-state index contributed by atoms with van der Waals surface area (Å²) in [6, 6.07) is 5.23. The molecule has 7 aromatic rings. The first-order valence-electron chi connectivity index (χ1n) is 38.6. The summed E-state index contributed by atoms with van der Waals surface area (Å²) in [4.78, 5) is 136. The molecule has 18 atom stereocenters. The van der Waals surface area contributed by atoms with Crippen molar-refractivity contribution in [2.45, 2.75) is 169 Å². The van der Waals surface area contributed by atoms with Gasteiger partial charge in [0.05, 0.1) is 53.2 Å². The number of ether oxygens (including phenoxy) is 7. The molecule has 0 aliphatic carbocycles. The van der Waals surface area contributed by atoms with Crippen LogP contribution in [-0.2, 0) is 63.9 Å². The minimum Gasteiger partial charge on any atom is -0.508 e. The fourth-order valence-electron chi connectivity index (χ4n) is 14.8. The molecule has 6 aromatic carbocycles. The largest absolute Gasteiger partial charge is 0.573 e. The third-order valence-corrected chi connectivity index (χ3v) is 21.7. The molecule has 0 saturated carbocycles. The number of phenols is 3. The smallest absolute Gasteiger partial charge is 0.508 e. The molecule has 1 aromatic heterocycles. The Balaban J connectivity index is 0.994. The van der Waals surface area contributed by atoms with E-state index in [1.54, 1.807) is 20.8 Å². The second-order valence-corrected chi connectivity index (χ2v) is 31.5. The molecule has 2 fully saturated rings. The van der Waals surface area contributed by atoms with E-state index < -0.39 is 271 Å². The van der Waals surface area contributed by atoms with Gasteiger partial charge in [-0.2, -0.15) is 0 Å². The van der Waals surface area contributed by atoms with E-state index >= 15 is 19.2 Å². The molecule has 18 unspecified atom stereocenters. The summed E-state index contributed by atoms with van der Waals surface area (Å²) in [6.07, 6.45) is -19.7. The lowest BCUT2D eigenvalue weighted by Gasteiger charge is -2.48. The normalized spacial score (nSPS) is 26.1. The SMILES string of the molecule is CNC(CC(C)C)C(=O)NC1C(=O)NC(CC(N)=O)C(=O)NC2C(=O)NC3C(=O)NC(C(=O)NC(C(=O)NO)c4cc(O)cc(O)c4-c4cc3ccc4O)C(O)c3ccc(c(Cl)c3)Oc3cc2cc(c3OC2OC(CO)C(O)C(O)C2OC2CC(C)(NCc3cncc(NC(=O)/C=C/c4cccc(OC(F)(F)F)c4)c3)C(O)C(C)O2)Oc2ccc(cc2Cl)C1O. The van der Waals surface area contributed by atoms with Gasteiger partial charge in [0.25, 0.3) is 5.91 Å². The van der Waals surface area contributed by atoms with Gasteiger partial charge >= 0.3 is 6.36 Å². The summed E-state index contributed by atoms with van der Waals surface area (Å²) < 4.78 is 82.1. The zero-order valence-corrected chi connectivity index (χ0v) is 68.1. The molecule has 11 bridgehead atoms. The van der Waals surface area contributed by atoms with Crippen LogP contribution >= 0.6 is 23.2 Å². The molecule has 7 aliphatic rings. The first kappa shape index (κ1) is 92.1. The lowest BCUT2D eigenvalue weighted by atomic mass is 9.84. The van der Waals surface area contributed by atoms with Crippen LogP contribution in [0, 0.1) is 5.92 Å². The van der Waals surface area contributed by atoms with Crippen molar-refractivity contribution in [3.63, 3.8) is 0 Å². The van der Waals surface area contributed by atoms with E-state index in [0.29, 0.717) is 5.56 Å². The number of phenolic OH excluding ortho intramolecular Hbond substituents is 3. The molecular formula is C82H87Cl2F3N12O26. The fraction of sp³-hybridized carbons (Fsp3) is 0.366. The Morgan fingerprint density at radius 1 is 0.736 bits per heavy atom. The Morgan fingerprint density at radius 3 is 2.03 bits per heavy atom. The van der Waals surface area contributed by atoms with E-state index in [1.807, 2.05) is 0 Å². The maximum Gasteiger partial charge on any atom is 0.573 e. The highest BCUT2D eigenvalue weighted by Gasteiger charge is 2.52. The van der Waals surface area contributed by atoms with Gasteiger partial charge in [0.15, 0.2) is 23.9 Å². The number of primary amides is 1. The van der Waals surface area contributed by atoms with Gasteiger partial charge in [0.1, 0.15) is 101 Å². The van der Waals surface area contributed by atoms with E-state index in [-0.39, 0.29) is 47.7 Å². The first-order valence-corrected chi connectivity index (χ1v) is 39.4. The molecule has 2 saturated heterocycles. The van der Waals surface area contributed by atoms with Crippen molar-refractivity contribution in [3.05, 3.63) is 177 Å². The number of aromatic nitrogens is 1. The number of halogens is 5. The van der Waals surface area contributed by atoms with Crippen LogP contribution in [0.1, 0.15) is 116 Å². The number of aromatic hydroxyl groups is 3. The zero-order chi connectivity index (χ0) is 90.5. The zero-order valence-electron chi connectivity index (χ0n) is 66.5. The van der Waals surface area contributed by atoms with E-state index in [9.17, 15) is 88.3 Å². The number of aliphatic hydroxyl groups excluding tert-OH is 6. The summed E-state index contributed by atoms with van der Waals surface area (Å²) in [6.45, 7) is 5.53. The number of fused-ring (bicyclic) bond motifs is 15. The van der Waals surface area contributed by atoms with Crippen LogP contribution in [0.25, 0.3) is 17.2 Å². The van der Waals surface area contributed by atoms with Gasteiger partial charge in [-0.05, 0) is 151 Å². The number of nitrogens with zero attached hydrogens (tertiary/aromatic N) is 1. The summed E-state index contributed by atoms with van der Waals surface area (Å²) in [5.41, 5.74) is 3.49. The van der Waals surface area contributed by atoms with E-state index in [2.05, 4.69) is 57.6 Å². The van der Waals surface area contributed by atoms with Crippen molar-refractivity contribution in [1.82, 2.24) is 53.0 Å². The maximum atomic E-state index is 16.3. The standard InChI is InChI=1S/C82H87Cl2F3N12O26/c1-33(2)17-48(89-5)73(111)97-64-66(106)38-11-14-52(46(83)21-38)120-54-23-40-24-55(70(54)124-80-71(69(109)68(108)56(32-100)122-80)123-59-28-81(4,72(110)34(3)119-59)91-30-36-18-41(31-90-29-36)92-58(105)16-9-35-7-6-8-43(19-35)125-82(85,86)87)121-53-15-12-39(22-47(53)84)67(107)65-78(116)96-63(79(117)99-118)45-25-42(101)26-51(103)60(45)44-20-37(10-13-50(44)102)61(75(113)98-65)95-76(114)62(40)94-74(112)49(27-57(88)104)93-77(64)115/h6-16,18-26,29,31,33-34,48-49,56,59,61-69,71-72,80,89,91,100-103,106-110,118H,17,27-28,30,32H2,1-5H3,(H2,88,104)(H,92,105)(H,93,115)(H,94,112)(H,95,114)(H,96,116)(H,97,111)(H,98,113)(H,99,117)/b16-9+. The Hall–Kier alpha value is -12.1. The predicted octanol–water partition coefficient (Wildman–Crippen LogP) is 3.30. The molecule has 125 heavy (non-hydrogen) atoms. The first-order chi connectivity index (χ1) is 59.2. The minimum absolute atomic E-state index is 0.0909. The van der Waals surface area contributed by atoms with Crippen molar-refractivity contribution in [1.29, 1.82) is 0 Å². The molecule has 0 spiro atoms. The van der Waals surface area contributed by atoms with Crippen LogP contribution in [0.15, 0.2) is 128 Å². The lowest BCUT2D eigenvalue weighted by Crippen LogP contribution is -2.65. The van der Waals surface area contributed by atoms with Crippen molar-refractivity contribution in [2.75, 3.05) is 19.0 Å². The summed E-state index contributed by atoms with van der Waals surface area (Å²) in [5, 5.41) is 139. The average molecular weight is 1780 g/mol. The van der Waals surface area contributed by atoms with E-state index in [0.717, 1.165) is 91.0 Å². The Kier molecular flexibility index (Phi) is 28.4. The average Bonchev–Trinajstić information content (AvgIpc) is 0.763. The number of hydrogen-bond donors (Lipinski definition) is 21. The van der Waals surface area contributed by atoms with Gasteiger partial charge in [0, 0.05) is 48.0 Å². The quantitative estimate of drug-likeness (QED) is 0.0296. The third kappa shape index (κ3) is 21.3. The molecule has 43 heteroatoms. The molecule has 38 nitrogen and oxygen atoms in total. The number of likely N-dealkylation sites (N-methyl/N-ethyl adjacent to an activating group) is 1. The van der Waals surface area contributed by atoms with Crippen LogP contribution in [-0.4, -0.2) is 208 Å². The highest BCUT2D eigenvalue weighted by molar-refractivity contribution is 6.32. The third-order valence-electron chi connectivity index (χ3n) is 21.1. The minimum atomic E-state index is -4.96. The van der Waals surface area contributed by atoms with Gasteiger partial charge in [-0.1, -0.05) is 67.4 Å². The highest BCUT2D eigenvalue weighted by atomic mass is 35.5. The Morgan fingerprint density at radius 2 is 1.39 bits per heavy atom. The van der Waals surface area contributed by atoms with Gasteiger partial charge in [-0.15, -0.1) is 13.2 Å². The Labute approximate surface area is 717 Å². The number of nitrogens with two attached hydrogens (primary N) is 1. The molecule has 7 aliphatic heterocycles. The topological polar surface area (TPSA) is 580 Å². The number of hydroxylamine groups is 1. The van der Waals surface area contributed by atoms with Crippen molar-refractivity contribution < 1.29 is 141 Å². The molecule has 14 rings (SSSR count). The fourth-order valence-corrected chi connectivity index (χ4v) is 15.3.